The van der Waals surface area contributed by atoms with E-state index in [-0.39, 0.29) is 19.0 Å². The monoisotopic (exact) mass is 344 g/mol. The Morgan fingerprint density at radius 1 is 1.38 bits per heavy atom. The number of fused-ring (bicyclic) bond motifs is 1. The molecule has 2 heterocycles. The Kier molecular flexibility index (Phi) is 4.59. The van der Waals surface area contributed by atoms with Gasteiger partial charge in [0.1, 0.15) is 17.9 Å². The number of rotatable bonds is 6. The maximum Gasteiger partial charge on any atom is 0.240 e. The summed E-state index contributed by atoms with van der Waals surface area (Å²) < 4.78 is 7.09. The first-order chi connectivity index (χ1) is 11.5. The van der Waals surface area contributed by atoms with Crippen LogP contribution in [-0.4, -0.2) is 29.2 Å². The first kappa shape index (κ1) is 16.5. The fourth-order valence-electron chi connectivity index (χ4n) is 2.60. The number of thiophene rings is 1. The Balaban J connectivity index is 1.65. The molecule has 0 spiro atoms. The largest absolute Gasteiger partial charge is 0.497 e. The first-order valence-corrected chi connectivity index (χ1v) is 8.53. The van der Waals surface area contributed by atoms with Crippen LogP contribution in [0.1, 0.15) is 11.8 Å². The van der Waals surface area contributed by atoms with E-state index in [2.05, 4.69) is 5.32 Å². The first-order valence-electron chi connectivity index (χ1n) is 7.65. The summed E-state index contributed by atoms with van der Waals surface area (Å²) >= 11 is 1.47. The van der Waals surface area contributed by atoms with Gasteiger partial charge in [-0.1, -0.05) is 6.07 Å². The van der Waals surface area contributed by atoms with Crippen LogP contribution in [0.15, 0.2) is 48.0 Å². The summed E-state index contributed by atoms with van der Waals surface area (Å²) in [6, 6.07) is 11.4. The summed E-state index contributed by atoms with van der Waals surface area (Å²) in [6.45, 7) is 2.09. The Morgan fingerprint density at radius 3 is 2.92 bits per heavy atom. The summed E-state index contributed by atoms with van der Waals surface area (Å²) in [5, 5.41) is 16.2. The van der Waals surface area contributed by atoms with Gasteiger partial charge in [0.2, 0.25) is 5.91 Å². The van der Waals surface area contributed by atoms with E-state index in [9.17, 15) is 9.90 Å². The predicted octanol–water partition coefficient (Wildman–Crippen LogP) is 2.74. The minimum atomic E-state index is -1.06. The molecule has 0 bridgehead atoms. The summed E-state index contributed by atoms with van der Waals surface area (Å²) in [7, 11) is 1.63. The smallest absolute Gasteiger partial charge is 0.240 e. The molecule has 24 heavy (non-hydrogen) atoms. The Labute approximate surface area is 144 Å². The van der Waals surface area contributed by atoms with Crippen molar-refractivity contribution in [2.75, 3.05) is 13.7 Å². The third kappa shape index (κ3) is 3.44. The number of carbonyl (C=O) groups excluding carboxylic acids is 1. The number of hydrogen-bond acceptors (Lipinski definition) is 4. The molecule has 1 aromatic carbocycles. The van der Waals surface area contributed by atoms with Gasteiger partial charge in [0.15, 0.2) is 0 Å². The van der Waals surface area contributed by atoms with Gasteiger partial charge in [-0.25, -0.2) is 0 Å². The van der Waals surface area contributed by atoms with E-state index >= 15 is 0 Å². The number of nitrogens with one attached hydrogen (secondary N) is 1. The van der Waals surface area contributed by atoms with Crippen molar-refractivity contribution in [1.29, 1.82) is 0 Å². The zero-order valence-electron chi connectivity index (χ0n) is 13.7. The maximum atomic E-state index is 12.2. The molecule has 1 amide bonds. The zero-order valence-corrected chi connectivity index (χ0v) is 14.5. The zero-order chi connectivity index (χ0) is 17.2. The van der Waals surface area contributed by atoms with Crippen LogP contribution in [0.4, 0.5) is 0 Å². The van der Waals surface area contributed by atoms with Crippen LogP contribution in [0.5, 0.6) is 5.75 Å². The predicted molar refractivity (Wildman–Crippen MR) is 95.4 cm³/mol. The van der Waals surface area contributed by atoms with Crippen LogP contribution in [0.3, 0.4) is 0 Å². The van der Waals surface area contributed by atoms with Crippen molar-refractivity contribution in [1.82, 2.24) is 9.88 Å². The van der Waals surface area contributed by atoms with Gasteiger partial charge in [-0.05, 0) is 42.6 Å². The molecule has 0 aliphatic carbocycles. The van der Waals surface area contributed by atoms with Crippen LogP contribution in [0.25, 0.3) is 10.9 Å². The molecule has 0 radical (unpaired) electrons. The second-order valence-corrected chi connectivity index (χ2v) is 6.84. The molecule has 5 nitrogen and oxygen atoms in total. The minimum absolute atomic E-state index is 0.139. The van der Waals surface area contributed by atoms with Gasteiger partial charge in [0.25, 0.3) is 0 Å². The van der Waals surface area contributed by atoms with Crippen LogP contribution in [-0.2, 0) is 16.9 Å². The van der Waals surface area contributed by atoms with Crippen LogP contribution in [0, 0.1) is 0 Å². The van der Waals surface area contributed by atoms with E-state index in [1.54, 1.807) is 14.0 Å². The number of aliphatic hydroxyl groups is 1. The summed E-state index contributed by atoms with van der Waals surface area (Å²) in [4.78, 5) is 13.1. The lowest BCUT2D eigenvalue weighted by atomic mass is 10.1. The quantitative estimate of drug-likeness (QED) is 0.723. The van der Waals surface area contributed by atoms with Crippen molar-refractivity contribution in [3.63, 3.8) is 0 Å². The van der Waals surface area contributed by atoms with Gasteiger partial charge in [0.05, 0.1) is 13.7 Å². The normalized spacial score (nSPS) is 13.6. The molecule has 126 valence electrons. The number of benzene rings is 1. The molecule has 0 aliphatic heterocycles. The van der Waals surface area contributed by atoms with Crippen molar-refractivity contribution < 1.29 is 14.6 Å². The number of amides is 1. The lowest BCUT2D eigenvalue weighted by Crippen LogP contribution is -2.39. The molecule has 0 saturated heterocycles. The third-order valence-electron chi connectivity index (χ3n) is 3.97. The molecule has 0 saturated carbocycles. The number of aromatic nitrogens is 1. The SMILES string of the molecule is COc1ccc2c(ccn2CC(=O)NCC(C)(O)c2cccs2)c1. The number of hydrogen-bond donors (Lipinski definition) is 2. The molecule has 3 rings (SSSR count). The average molecular weight is 344 g/mol. The second kappa shape index (κ2) is 6.67. The highest BCUT2D eigenvalue weighted by atomic mass is 32.1. The number of methoxy groups -OCH3 is 1. The van der Waals surface area contributed by atoms with Crippen molar-refractivity contribution in [3.05, 3.63) is 52.9 Å². The standard InChI is InChI=1S/C18H20N2O3S/c1-18(22,16-4-3-9-24-16)12-19-17(21)11-20-8-7-13-10-14(23-2)5-6-15(13)20/h3-10,22H,11-12H2,1-2H3,(H,19,21). The van der Waals surface area contributed by atoms with E-state index in [1.807, 2.05) is 52.5 Å². The molecule has 3 aromatic rings. The molecule has 2 aromatic heterocycles. The maximum absolute atomic E-state index is 12.2. The fraction of sp³-hybridized carbons (Fsp3) is 0.278. The summed E-state index contributed by atoms with van der Waals surface area (Å²) in [6.07, 6.45) is 1.88. The lowest BCUT2D eigenvalue weighted by Gasteiger charge is -2.22. The van der Waals surface area contributed by atoms with Crippen molar-refractivity contribution in [2.24, 2.45) is 0 Å². The highest BCUT2D eigenvalue weighted by molar-refractivity contribution is 7.10. The van der Waals surface area contributed by atoms with Crippen LogP contribution >= 0.6 is 11.3 Å². The van der Waals surface area contributed by atoms with Gasteiger partial charge < -0.3 is 19.7 Å². The third-order valence-corrected chi connectivity index (χ3v) is 5.10. The topological polar surface area (TPSA) is 63.5 Å². The van der Waals surface area contributed by atoms with Crippen molar-refractivity contribution >= 4 is 28.1 Å². The number of ether oxygens (including phenoxy) is 1. The van der Waals surface area contributed by atoms with E-state index in [0.717, 1.165) is 21.5 Å². The fourth-order valence-corrected chi connectivity index (χ4v) is 3.38. The van der Waals surface area contributed by atoms with E-state index in [0.29, 0.717) is 0 Å². The Morgan fingerprint density at radius 2 is 2.21 bits per heavy atom. The van der Waals surface area contributed by atoms with E-state index < -0.39 is 5.60 Å². The van der Waals surface area contributed by atoms with Gasteiger partial charge in [0, 0.05) is 22.0 Å². The van der Waals surface area contributed by atoms with Crippen LogP contribution < -0.4 is 10.1 Å². The van der Waals surface area contributed by atoms with Gasteiger partial charge in [-0.2, -0.15) is 0 Å². The van der Waals surface area contributed by atoms with Gasteiger partial charge >= 0.3 is 0 Å². The molecular formula is C18H20N2O3S. The van der Waals surface area contributed by atoms with Gasteiger partial charge in [-0.3, -0.25) is 4.79 Å². The molecule has 6 heteroatoms. The molecule has 0 fully saturated rings. The molecule has 1 atom stereocenters. The lowest BCUT2D eigenvalue weighted by molar-refractivity contribution is -0.122. The number of carbonyl (C=O) groups is 1. The van der Waals surface area contributed by atoms with Crippen molar-refractivity contribution in [3.8, 4) is 5.75 Å². The molecule has 1 unspecified atom stereocenters. The Hall–Kier alpha value is -2.31. The van der Waals surface area contributed by atoms with E-state index in [4.69, 9.17) is 4.74 Å². The van der Waals surface area contributed by atoms with Crippen molar-refractivity contribution in [2.45, 2.75) is 19.1 Å². The molecular weight excluding hydrogens is 324 g/mol. The average Bonchev–Trinajstić information content (AvgIpc) is 3.23. The molecule has 0 aliphatic rings. The van der Waals surface area contributed by atoms with E-state index in [1.165, 1.54) is 11.3 Å². The highest BCUT2D eigenvalue weighted by Gasteiger charge is 2.24. The minimum Gasteiger partial charge on any atom is -0.497 e. The van der Waals surface area contributed by atoms with Crippen LogP contribution in [0.2, 0.25) is 0 Å². The van der Waals surface area contributed by atoms with Gasteiger partial charge in [-0.15, -0.1) is 11.3 Å². The summed E-state index contributed by atoms with van der Waals surface area (Å²) in [5.74, 6) is 0.650. The highest BCUT2D eigenvalue weighted by Crippen LogP contribution is 2.24. The number of nitrogens with zero attached hydrogens (tertiary/aromatic N) is 1. The molecule has 2 N–H and O–H groups in total. The summed E-state index contributed by atoms with van der Waals surface area (Å²) in [5.41, 5.74) is -0.0911. The Bertz CT molecular complexity index is 837. The second-order valence-electron chi connectivity index (χ2n) is 5.90.